The molecule has 1 aliphatic carbocycles. The number of rotatable bonds is 5. The summed E-state index contributed by atoms with van der Waals surface area (Å²) in [6.45, 7) is 4.78. The van der Waals surface area contributed by atoms with E-state index in [2.05, 4.69) is 10.6 Å². The second-order valence-corrected chi connectivity index (χ2v) is 8.02. The minimum Gasteiger partial charge on any atom is -0.454 e. The lowest BCUT2D eigenvalue weighted by atomic mass is 9.73. The van der Waals surface area contributed by atoms with Crippen molar-refractivity contribution in [2.75, 3.05) is 18.5 Å². The van der Waals surface area contributed by atoms with Gasteiger partial charge in [0, 0.05) is 5.69 Å². The van der Waals surface area contributed by atoms with Crippen LogP contribution in [0.1, 0.15) is 43.7 Å². The smallest absolute Gasteiger partial charge is 0.326 e. The predicted molar refractivity (Wildman–Crippen MR) is 106 cm³/mol. The molecule has 2 aliphatic rings. The summed E-state index contributed by atoms with van der Waals surface area (Å²) in [6, 6.07) is 5.02. The number of nitrogens with zero attached hydrogens (tertiary/aromatic N) is 1. The Balaban J connectivity index is 1.53. The van der Waals surface area contributed by atoms with Gasteiger partial charge in [0.15, 0.2) is 6.61 Å². The summed E-state index contributed by atoms with van der Waals surface area (Å²) in [6.07, 6.45) is 3.29. The molecular formula is C21H27N3O5. The Labute approximate surface area is 170 Å². The Morgan fingerprint density at radius 2 is 1.90 bits per heavy atom. The van der Waals surface area contributed by atoms with Crippen molar-refractivity contribution in [3.05, 3.63) is 29.3 Å². The summed E-state index contributed by atoms with van der Waals surface area (Å²) in [7, 11) is 0. The Morgan fingerprint density at radius 3 is 2.55 bits per heavy atom. The van der Waals surface area contributed by atoms with Crippen molar-refractivity contribution in [2.45, 2.75) is 52.0 Å². The van der Waals surface area contributed by atoms with Crippen LogP contribution >= 0.6 is 0 Å². The van der Waals surface area contributed by atoms with Crippen molar-refractivity contribution >= 4 is 29.5 Å². The number of ether oxygens (including phenoxy) is 1. The van der Waals surface area contributed by atoms with E-state index < -0.39 is 36.6 Å². The van der Waals surface area contributed by atoms with Gasteiger partial charge in [-0.15, -0.1) is 0 Å². The lowest BCUT2D eigenvalue weighted by molar-refractivity contribution is -0.150. The first-order valence-corrected chi connectivity index (χ1v) is 9.89. The van der Waals surface area contributed by atoms with Crippen LogP contribution in [0, 0.1) is 19.8 Å². The van der Waals surface area contributed by atoms with Crippen LogP contribution in [-0.4, -0.2) is 47.4 Å². The van der Waals surface area contributed by atoms with Gasteiger partial charge in [-0.1, -0.05) is 25.8 Å². The summed E-state index contributed by atoms with van der Waals surface area (Å²) in [5.74, 6) is -1.66. The van der Waals surface area contributed by atoms with Crippen LogP contribution in [0.5, 0.6) is 0 Å². The van der Waals surface area contributed by atoms with Gasteiger partial charge in [0.05, 0.1) is 0 Å². The summed E-state index contributed by atoms with van der Waals surface area (Å²) < 4.78 is 4.97. The normalized spacial score (nSPS) is 23.8. The topological polar surface area (TPSA) is 105 Å². The van der Waals surface area contributed by atoms with Gasteiger partial charge in [-0.2, -0.15) is 0 Å². The van der Waals surface area contributed by atoms with E-state index >= 15 is 0 Å². The van der Waals surface area contributed by atoms with Crippen molar-refractivity contribution in [2.24, 2.45) is 5.92 Å². The van der Waals surface area contributed by atoms with Gasteiger partial charge in [-0.3, -0.25) is 19.3 Å². The van der Waals surface area contributed by atoms with Crippen LogP contribution in [0.4, 0.5) is 10.5 Å². The molecule has 1 aromatic rings. The fourth-order valence-electron chi connectivity index (χ4n) is 4.20. The van der Waals surface area contributed by atoms with E-state index in [9.17, 15) is 19.2 Å². The number of hydrogen-bond acceptors (Lipinski definition) is 5. The van der Waals surface area contributed by atoms with E-state index in [1.54, 1.807) is 0 Å². The molecule has 2 atom stereocenters. The first-order valence-electron chi connectivity index (χ1n) is 9.89. The molecule has 1 spiro atoms. The van der Waals surface area contributed by atoms with E-state index in [0.29, 0.717) is 12.1 Å². The molecule has 1 saturated heterocycles. The quantitative estimate of drug-likeness (QED) is 0.582. The molecule has 0 radical (unpaired) electrons. The molecule has 2 N–H and O–H groups in total. The van der Waals surface area contributed by atoms with Crippen molar-refractivity contribution in [1.82, 2.24) is 10.2 Å². The van der Waals surface area contributed by atoms with Crippen LogP contribution in [0.3, 0.4) is 0 Å². The number of benzene rings is 1. The highest BCUT2D eigenvalue weighted by atomic mass is 16.5. The minimum atomic E-state index is -0.921. The van der Waals surface area contributed by atoms with Gasteiger partial charge < -0.3 is 15.4 Å². The molecular weight excluding hydrogens is 374 g/mol. The van der Waals surface area contributed by atoms with E-state index in [-0.39, 0.29) is 11.8 Å². The third-order valence-corrected chi connectivity index (χ3v) is 5.66. The fourth-order valence-corrected chi connectivity index (χ4v) is 4.20. The maximum absolute atomic E-state index is 12.8. The number of aryl methyl sites for hydroxylation is 2. The molecule has 0 bridgehead atoms. The number of amides is 4. The molecule has 0 unspecified atom stereocenters. The fraction of sp³-hybridized carbons (Fsp3) is 0.524. The third kappa shape index (κ3) is 4.41. The van der Waals surface area contributed by atoms with Gasteiger partial charge in [-0.05, 0) is 55.9 Å². The van der Waals surface area contributed by atoms with Crippen LogP contribution in [0.15, 0.2) is 18.2 Å². The van der Waals surface area contributed by atoms with Crippen LogP contribution in [0.25, 0.3) is 0 Å². The zero-order valence-electron chi connectivity index (χ0n) is 17.0. The Morgan fingerprint density at radius 1 is 1.21 bits per heavy atom. The monoisotopic (exact) mass is 401 g/mol. The number of anilines is 1. The highest BCUT2D eigenvalue weighted by Crippen LogP contribution is 2.38. The van der Waals surface area contributed by atoms with E-state index in [1.807, 2.05) is 39.0 Å². The zero-order valence-corrected chi connectivity index (χ0v) is 17.0. The average Bonchev–Trinajstić information content (AvgIpc) is 2.87. The molecule has 8 heteroatoms. The van der Waals surface area contributed by atoms with Crippen molar-refractivity contribution in [3.8, 4) is 0 Å². The first kappa shape index (κ1) is 20.8. The highest BCUT2D eigenvalue weighted by molar-refractivity contribution is 6.09. The molecule has 29 heavy (non-hydrogen) atoms. The molecule has 1 aliphatic heterocycles. The van der Waals surface area contributed by atoms with E-state index in [4.69, 9.17) is 4.74 Å². The number of hydrogen-bond donors (Lipinski definition) is 2. The maximum Gasteiger partial charge on any atom is 0.326 e. The molecule has 156 valence electrons. The van der Waals surface area contributed by atoms with E-state index in [0.717, 1.165) is 35.3 Å². The Kier molecular flexibility index (Phi) is 5.91. The predicted octanol–water partition coefficient (Wildman–Crippen LogP) is 2.29. The molecule has 2 fully saturated rings. The second-order valence-electron chi connectivity index (χ2n) is 8.02. The molecule has 1 saturated carbocycles. The third-order valence-electron chi connectivity index (χ3n) is 5.66. The number of esters is 1. The number of urea groups is 1. The van der Waals surface area contributed by atoms with Gasteiger partial charge in [-0.25, -0.2) is 4.79 Å². The summed E-state index contributed by atoms with van der Waals surface area (Å²) >= 11 is 0. The molecule has 4 amide bonds. The van der Waals surface area contributed by atoms with Gasteiger partial charge >= 0.3 is 12.0 Å². The van der Waals surface area contributed by atoms with Crippen LogP contribution in [0.2, 0.25) is 0 Å². The Bertz CT molecular complexity index is 832. The molecule has 0 aromatic heterocycles. The summed E-state index contributed by atoms with van der Waals surface area (Å²) in [5.41, 5.74) is 1.70. The lowest BCUT2D eigenvalue weighted by Gasteiger charge is -2.36. The van der Waals surface area contributed by atoms with Crippen molar-refractivity contribution < 1.29 is 23.9 Å². The SMILES string of the molecule is Cc1cc(C)cc(NC(=O)COC(=O)CN2C(=O)N[C@]3(CCCC[C@H]3C)C2=O)c1. The zero-order chi connectivity index (χ0) is 21.2. The highest BCUT2D eigenvalue weighted by Gasteiger charge is 2.55. The number of carbonyl (C=O) groups is 4. The number of imide groups is 1. The van der Waals surface area contributed by atoms with E-state index in [1.165, 1.54) is 0 Å². The number of carbonyl (C=O) groups excluding carboxylic acids is 4. The molecule has 3 rings (SSSR count). The lowest BCUT2D eigenvalue weighted by Crippen LogP contribution is -2.54. The minimum absolute atomic E-state index is 0.0114. The first-order chi connectivity index (χ1) is 13.7. The largest absolute Gasteiger partial charge is 0.454 e. The summed E-state index contributed by atoms with van der Waals surface area (Å²) in [4.78, 5) is 50.2. The summed E-state index contributed by atoms with van der Waals surface area (Å²) in [5, 5.41) is 5.45. The average molecular weight is 401 g/mol. The standard InChI is InChI=1S/C21H27N3O5/c1-13-8-14(2)10-16(9-13)22-17(25)12-29-18(26)11-24-19(27)21(23-20(24)28)7-5-4-6-15(21)3/h8-10,15H,4-7,11-12H2,1-3H3,(H,22,25)(H,23,28)/t15-,21+/m1/s1. The maximum atomic E-state index is 12.8. The molecule has 8 nitrogen and oxygen atoms in total. The molecule has 1 heterocycles. The second kappa shape index (κ2) is 8.23. The van der Waals surface area contributed by atoms with Crippen LogP contribution < -0.4 is 10.6 Å². The van der Waals surface area contributed by atoms with Gasteiger partial charge in [0.2, 0.25) is 0 Å². The van der Waals surface area contributed by atoms with Crippen LogP contribution in [-0.2, 0) is 19.1 Å². The van der Waals surface area contributed by atoms with Crippen molar-refractivity contribution in [1.29, 1.82) is 0 Å². The van der Waals surface area contributed by atoms with Crippen molar-refractivity contribution in [3.63, 3.8) is 0 Å². The van der Waals surface area contributed by atoms with Gasteiger partial charge in [0.1, 0.15) is 12.1 Å². The molecule has 1 aromatic carbocycles. The Hall–Kier alpha value is -2.90. The van der Waals surface area contributed by atoms with Gasteiger partial charge in [0.25, 0.3) is 11.8 Å². The number of nitrogens with one attached hydrogen (secondary N) is 2.